The Balaban J connectivity index is 2.85. The highest BCUT2D eigenvalue weighted by molar-refractivity contribution is 6.68. The van der Waals surface area contributed by atoms with Gasteiger partial charge in [0.25, 0.3) is 5.24 Å². The summed E-state index contributed by atoms with van der Waals surface area (Å²) in [6.07, 6.45) is 9.26. The van der Waals surface area contributed by atoms with Crippen molar-refractivity contribution in [2.24, 2.45) is 5.92 Å². The molecule has 0 aromatic heterocycles. The summed E-state index contributed by atoms with van der Waals surface area (Å²) >= 11 is 5.28. The van der Waals surface area contributed by atoms with Crippen LogP contribution in [-0.4, -0.2) is 5.24 Å². The third-order valence-corrected chi connectivity index (χ3v) is 1.71. The Morgan fingerprint density at radius 3 is 2.91 bits per heavy atom. The summed E-state index contributed by atoms with van der Waals surface area (Å²) in [6.45, 7) is 2.04. The van der Waals surface area contributed by atoms with Crippen molar-refractivity contribution in [1.82, 2.24) is 0 Å². The highest BCUT2D eigenvalue weighted by Crippen LogP contribution is 2.11. The first-order valence-corrected chi connectivity index (χ1v) is 3.84. The van der Waals surface area contributed by atoms with Crippen LogP contribution in [0.1, 0.15) is 6.92 Å². The molecule has 1 rings (SSSR count). The van der Waals surface area contributed by atoms with Crippen LogP contribution in [-0.2, 0) is 4.79 Å². The van der Waals surface area contributed by atoms with Crippen molar-refractivity contribution in [2.75, 3.05) is 0 Å². The zero-order valence-corrected chi connectivity index (χ0v) is 7.01. The van der Waals surface area contributed by atoms with E-state index in [9.17, 15) is 4.79 Å². The van der Waals surface area contributed by atoms with E-state index < -0.39 is 5.24 Å². The second kappa shape index (κ2) is 3.54. The van der Waals surface area contributed by atoms with Gasteiger partial charge in [-0.3, -0.25) is 4.79 Å². The summed E-state index contributed by atoms with van der Waals surface area (Å²) in [7, 11) is 0. The first kappa shape index (κ1) is 8.28. The molecule has 0 radical (unpaired) electrons. The molecule has 0 bridgehead atoms. The van der Waals surface area contributed by atoms with E-state index in [-0.39, 0.29) is 0 Å². The van der Waals surface area contributed by atoms with Gasteiger partial charge in [0.2, 0.25) is 0 Å². The number of rotatable bonds is 1. The Labute approximate surface area is 71.0 Å². The molecule has 0 amide bonds. The highest BCUT2D eigenvalue weighted by Gasteiger charge is 2.02. The van der Waals surface area contributed by atoms with Gasteiger partial charge in [-0.15, -0.1) is 0 Å². The quantitative estimate of drug-likeness (QED) is 0.550. The summed E-state index contributed by atoms with van der Waals surface area (Å²) in [6, 6.07) is 0. The van der Waals surface area contributed by atoms with Gasteiger partial charge in [-0.05, 0) is 17.5 Å². The van der Waals surface area contributed by atoms with Crippen molar-refractivity contribution in [1.29, 1.82) is 0 Å². The zero-order chi connectivity index (χ0) is 8.27. The molecule has 11 heavy (non-hydrogen) atoms. The lowest BCUT2D eigenvalue weighted by molar-refractivity contribution is -0.108. The van der Waals surface area contributed by atoms with Crippen molar-refractivity contribution in [3.05, 3.63) is 36.0 Å². The summed E-state index contributed by atoms with van der Waals surface area (Å²) in [5.74, 6) is 0.375. The molecule has 0 aromatic rings. The van der Waals surface area contributed by atoms with E-state index in [0.717, 1.165) is 0 Å². The number of carbonyl (C=O) groups excluding carboxylic acids is 1. The molecular weight excluding hydrogens is 160 g/mol. The largest absolute Gasteiger partial charge is 0.276 e. The maximum Gasteiger partial charge on any atom is 0.252 e. The summed E-state index contributed by atoms with van der Waals surface area (Å²) < 4.78 is 0. The lowest BCUT2D eigenvalue weighted by atomic mass is 10.1. The fourth-order valence-electron chi connectivity index (χ4n) is 0.841. The van der Waals surface area contributed by atoms with Crippen LogP contribution in [0.2, 0.25) is 0 Å². The van der Waals surface area contributed by atoms with Gasteiger partial charge in [-0.1, -0.05) is 37.3 Å². The van der Waals surface area contributed by atoms with Gasteiger partial charge in [0.1, 0.15) is 0 Å². The third-order valence-electron chi connectivity index (χ3n) is 1.50. The van der Waals surface area contributed by atoms with E-state index in [1.54, 1.807) is 12.2 Å². The third kappa shape index (κ3) is 2.35. The summed E-state index contributed by atoms with van der Waals surface area (Å²) in [5.41, 5.74) is 0.548. The van der Waals surface area contributed by atoms with E-state index in [1.807, 2.05) is 25.2 Å². The van der Waals surface area contributed by atoms with Crippen molar-refractivity contribution < 1.29 is 4.79 Å². The fraction of sp³-hybridized carbons (Fsp3) is 0.222. The molecule has 0 saturated heterocycles. The van der Waals surface area contributed by atoms with Crippen LogP contribution < -0.4 is 0 Å². The number of hydrogen-bond donors (Lipinski definition) is 0. The molecule has 0 aromatic carbocycles. The van der Waals surface area contributed by atoms with Gasteiger partial charge in [0.15, 0.2) is 0 Å². The van der Waals surface area contributed by atoms with Gasteiger partial charge in [0, 0.05) is 5.57 Å². The zero-order valence-electron chi connectivity index (χ0n) is 6.25. The van der Waals surface area contributed by atoms with Crippen LogP contribution in [0.25, 0.3) is 0 Å². The number of hydrogen-bond acceptors (Lipinski definition) is 1. The van der Waals surface area contributed by atoms with E-state index in [2.05, 4.69) is 0 Å². The molecule has 1 unspecified atom stereocenters. The average Bonchev–Trinajstić information content (AvgIpc) is 2.13. The summed E-state index contributed by atoms with van der Waals surface area (Å²) in [4.78, 5) is 10.7. The second-order valence-electron chi connectivity index (χ2n) is 2.50. The van der Waals surface area contributed by atoms with E-state index >= 15 is 0 Å². The topological polar surface area (TPSA) is 17.1 Å². The molecule has 1 aliphatic rings. The smallest absolute Gasteiger partial charge is 0.252 e. The molecule has 0 heterocycles. The van der Waals surface area contributed by atoms with Crippen LogP contribution in [0.4, 0.5) is 0 Å². The molecule has 0 spiro atoms. The first-order valence-electron chi connectivity index (χ1n) is 3.46. The predicted molar refractivity (Wildman–Crippen MR) is 46.4 cm³/mol. The molecule has 1 atom stereocenters. The molecule has 1 nitrogen and oxygen atoms in total. The maximum atomic E-state index is 10.7. The van der Waals surface area contributed by atoms with Crippen LogP contribution >= 0.6 is 11.6 Å². The molecule has 0 N–H and O–H groups in total. The van der Waals surface area contributed by atoms with E-state index in [4.69, 9.17) is 11.6 Å². The molecule has 1 aliphatic carbocycles. The van der Waals surface area contributed by atoms with Crippen molar-refractivity contribution in [3.63, 3.8) is 0 Å². The van der Waals surface area contributed by atoms with Gasteiger partial charge in [-0.25, -0.2) is 0 Å². The minimum atomic E-state index is -0.403. The second-order valence-corrected chi connectivity index (χ2v) is 2.84. The van der Waals surface area contributed by atoms with Crippen molar-refractivity contribution in [2.45, 2.75) is 6.92 Å². The Hall–Kier alpha value is -0.820. The van der Waals surface area contributed by atoms with Crippen LogP contribution in [0, 0.1) is 5.92 Å². The first-order chi connectivity index (χ1) is 5.20. The number of allylic oxidation sites excluding steroid dienone is 6. The standard InChI is InChI=1S/C9H9ClO/c1-7-3-2-4-8(6-5-7)9(10)11/h2-7H,1H3. The Morgan fingerprint density at radius 2 is 2.27 bits per heavy atom. The van der Waals surface area contributed by atoms with E-state index in [1.165, 1.54) is 0 Å². The van der Waals surface area contributed by atoms with Crippen molar-refractivity contribution in [3.8, 4) is 0 Å². The predicted octanol–water partition coefficient (Wildman–Crippen LogP) is 2.44. The molecule has 0 saturated carbocycles. The Morgan fingerprint density at radius 1 is 1.55 bits per heavy atom. The minimum Gasteiger partial charge on any atom is -0.276 e. The maximum absolute atomic E-state index is 10.7. The summed E-state index contributed by atoms with van der Waals surface area (Å²) in [5, 5.41) is -0.403. The lowest BCUT2D eigenvalue weighted by Gasteiger charge is -1.92. The van der Waals surface area contributed by atoms with Gasteiger partial charge >= 0.3 is 0 Å². The lowest BCUT2D eigenvalue weighted by Crippen LogP contribution is -1.88. The van der Waals surface area contributed by atoms with Gasteiger partial charge in [-0.2, -0.15) is 0 Å². The van der Waals surface area contributed by atoms with Gasteiger partial charge in [0.05, 0.1) is 0 Å². The molecule has 0 fully saturated rings. The van der Waals surface area contributed by atoms with Crippen LogP contribution in [0.5, 0.6) is 0 Å². The Kier molecular flexibility index (Phi) is 2.66. The minimum absolute atomic E-state index is 0.375. The molecule has 2 heteroatoms. The normalized spacial score (nSPS) is 22.7. The molecule has 58 valence electrons. The molecular formula is C9H9ClO. The number of halogens is 1. The number of carbonyl (C=O) groups is 1. The van der Waals surface area contributed by atoms with Crippen molar-refractivity contribution >= 4 is 16.8 Å². The fourth-order valence-corrected chi connectivity index (χ4v) is 0.967. The Bertz CT molecular complexity index is 248. The van der Waals surface area contributed by atoms with Crippen LogP contribution in [0.3, 0.4) is 0 Å². The SMILES string of the molecule is CC1C=CC=C(C(=O)Cl)C=C1. The van der Waals surface area contributed by atoms with Gasteiger partial charge < -0.3 is 0 Å². The average molecular weight is 169 g/mol. The molecule has 0 aliphatic heterocycles. The highest BCUT2D eigenvalue weighted by atomic mass is 35.5. The van der Waals surface area contributed by atoms with Crippen LogP contribution in [0.15, 0.2) is 36.0 Å². The van der Waals surface area contributed by atoms with E-state index in [0.29, 0.717) is 11.5 Å². The monoisotopic (exact) mass is 168 g/mol.